The Bertz CT molecular complexity index is 309. The second-order valence-corrected chi connectivity index (χ2v) is 5.83. The van der Waals surface area contributed by atoms with E-state index in [1.54, 1.807) is 11.3 Å². The highest BCUT2D eigenvalue weighted by Gasteiger charge is 2.05. The zero-order chi connectivity index (χ0) is 11.1. The largest absolute Gasteiger partial charge is 0.381 e. The number of ketones is 1. The summed E-state index contributed by atoms with van der Waals surface area (Å²) in [5, 5.41) is 0. The lowest BCUT2D eigenvalue weighted by Gasteiger charge is -2.00. The van der Waals surface area contributed by atoms with Gasteiger partial charge in [0.2, 0.25) is 0 Å². The third-order valence-electron chi connectivity index (χ3n) is 1.87. The lowest BCUT2D eigenvalue weighted by Crippen LogP contribution is -2.06. The first-order valence-electron chi connectivity index (χ1n) is 5.06. The van der Waals surface area contributed by atoms with Gasteiger partial charge in [-0.2, -0.15) is 0 Å². The molecule has 4 heteroatoms. The maximum absolute atomic E-state index is 11.5. The summed E-state index contributed by atoms with van der Waals surface area (Å²) in [7, 11) is 0. The van der Waals surface area contributed by atoms with E-state index in [4.69, 9.17) is 4.74 Å². The average molecular weight is 291 g/mol. The van der Waals surface area contributed by atoms with E-state index >= 15 is 0 Å². The van der Waals surface area contributed by atoms with E-state index < -0.39 is 0 Å². The molecule has 1 rings (SSSR count). The maximum atomic E-state index is 11.5. The van der Waals surface area contributed by atoms with Gasteiger partial charge >= 0.3 is 0 Å². The second kappa shape index (κ2) is 7.14. The number of ether oxygens (including phenoxy) is 1. The lowest BCUT2D eigenvalue weighted by atomic mass is 10.2. The van der Waals surface area contributed by atoms with Gasteiger partial charge < -0.3 is 4.74 Å². The molecule has 15 heavy (non-hydrogen) atoms. The van der Waals surface area contributed by atoms with Crippen LogP contribution in [0.3, 0.4) is 0 Å². The Kier molecular flexibility index (Phi) is 6.13. The molecular formula is C11H15BrO2S. The fourth-order valence-corrected chi connectivity index (χ4v) is 2.67. The van der Waals surface area contributed by atoms with Crippen LogP contribution in [0.4, 0.5) is 0 Å². The van der Waals surface area contributed by atoms with Crippen LogP contribution in [0.1, 0.15) is 24.6 Å². The van der Waals surface area contributed by atoms with Gasteiger partial charge in [-0.15, -0.1) is 11.3 Å². The molecule has 0 aliphatic heterocycles. The van der Waals surface area contributed by atoms with Crippen LogP contribution in [-0.4, -0.2) is 19.0 Å². The Hall–Kier alpha value is -0.190. The summed E-state index contributed by atoms with van der Waals surface area (Å²) in [5.74, 6) is 0.250. The molecule has 0 N–H and O–H groups in total. The van der Waals surface area contributed by atoms with Crippen LogP contribution in [-0.2, 0) is 16.0 Å². The van der Waals surface area contributed by atoms with Crippen molar-refractivity contribution in [2.75, 3.05) is 13.2 Å². The summed E-state index contributed by atoms with van der Waals surface area (Å²) in [4.78, 5) is 12.6. The third-order valence-corrected chi connectivity index (χ3v) is 3.50. The van der Waals surface area contributed by atoms with Crippen molar-refractivity contribution in [3.8, 4) is 0 Å². The van der Waals surface area contributed by atoms with Crippen LogP contribution in [0.5, 0.6) is 0 Å². The molecule has 0 aliphatic rings. The van der Waals surface area contributed by atoms with Crippen LogP contribution in [0.2, 0.25) is 0 Å². The highest BCUT2D eigenvalue weighted by atomic mass is 79.9. The Morgan fingerprint density at radius 2 is 2.27 bits per heavy atom. The Balaban J connectivity index is 2.18. The summed E-state index contributed by atoms with van der Waals surface area (Å²) in [6, 6.07) is 3.96. The fourth-order valence-electron chi connectivity index (χ4n) is 1.16. The standard InChI is InChI=1S/C11H15BrO2S/c1-2-6-14-7-5-9(13)8-10-3-4-11(12)15-10/h3-4H,2,5-8H2,1H3. The number of carbonyl (C=O) groups excluding carboxylic acids is 1. The van der Waals surface area contributed by atoms with E-state index in [2.05, 4.69) is 22.9 Å². The molecule has 0 amide bonds. The molecule has 0 radical (unpaired) electrons. The number of Topliss-reactive ketones (excluding diaryl/α,β-unsaturated/α-hetero) is 1. The molecular weight excluding hydrogens is 276 g/mol. The van der Waals surface area contributed by atoms with Gasteiger partial charge in [0.05, 0.1) is 10.4 Å². The molecule has 0 saturated carbocycles. The van der Waals surface area contributed by atoms with Crippen LogP contribution < -0.4 is 0 Å². The van der Waals surface area contributed by atoms with E-state index in [1.807, 2.05) is 12.1 Å². The Morgan fingerprint density at radius 3 is 2.87 bits per heavy atom. The number of thiophene rings is 1. The predicted molar refractivity (Wildman–Crippen MR) is 66.5 cm³/mol. The summed E-state index contributed by atoms with van der Waals surface area (Å²) in [5.41, 5.74) is 0. The van der Waals surface area contributed by atoms with Gasteiger partial charge in [0.25, 0.3) is 0 Å². The molecule has 2 nitrogen and oxygen atoms in total. The van der Waals surface area contributed by atoms with E-state index in [0.717, 1.165) is 21.7 Å². The van der Waals surface area contributed by atoms with Crippen LogP contribution in [0.25, 0.3) is 0 Å². The predicted octanol–water partition coefficient (Wildman–Crippen LogP) is 3.44. The van der Waals surface area contributed by atoms with Crippen molar-refractivity contribution < 1.29 is 9.53 Å². The van der Waals surface area contributed by atoms with Crippen LogP contribution in [0.15, 0.2) is 15.9 Å². The minimum Gasteiger partial charge on any atom is -0.381 e. The van der Waals surface area contributed by atoms with Crippen LogP contribution >= 0.6 is 27.3 Å². The molecule has 0 aromatic carbocycles. The van der Waals surface area contributed by atoms with Crippen molar-refractivity contribution in [3.63, 3.8) is 0 Å². The molecule has 0 bridgehead atoms. The molecule has 0 unspecified atom stereocenters. The van der Waals surface area contributed by atoms with E-state index in [0.29, 0.717) is 19.4 Å². The van der Waals surface area contributed by atoms with Gasteiger partial charge in [0.1, 0.15) is 5.78 Å². The van der Waals surface area contributed by atoms with E-state index in [1.165, 1.54) is 0 Å². The molecule has 0 fully saturated rings. The first-order chi connectivity index (χ1) is 7.22. The highest BCUT2D eigenvalue weighted by Crippen LogP contribution is 2.22. The normalized spacial score (nSPS) is 10.5. The van der Waals surface area contributed by atoms with Crippen molar-refractivity contribution in [1.29, 1.82) is 0 Å². The lowest BCUT2D eigenvalue weighted by molar-refractivity contribution is -0.119. The Labute approximate surface area is 103 Å². The number of halogens is 1. The number of hydrogen-bond donors (Lipinski definition) is 0. The topological polar surface area (TPSA) is 26.3 Å². The van der Waals surface area contributed by atoms with Gasteiger partial charge in [-0.25, -0.2) is 0 Å². The SMILES string of the molecule is CCCOCCC(=O)Cc1ccc(Br)s1. The van der Waals surface area contributed by atoms with Crippen molar-refractivity contribution in [1.82, 2.24) is 0 Å². The molecule has 1 aromatic heterocycles. The Morgan fingerprint density at radius 1 is 1.47 bits per heavy atom. The summed E-state index contributed by atoms with van der Waals surface area (Å²) >= 11 is 4.99. The molecule has 0 atom stereocenters. The van der Waals surface area contributed by atoms with Gasteiger partial charge in [0.15, 0.2) is 0 Å². The molecule has 84 valence electrons. The van der Waals surface area contributed by atoms with Gasteiger partial charge in [-0.1, -0.05) is 6.92 Å². The second-order valence-electron chi connectivity index (χ2n) is 3.28. The monoisotopic (exact) mass is 290 g/mol. The minimum atomic E-state index is 0.250. The maximum Gasteiger partial charge on any atom is 0.140 e. The van der Waals surface area contributed by atoms with Crippen molar-refractivity contribution >= 4 is 33.0 Å². The van der Waals surface area contributed by atoms with Crippen molar-refractivity contribution in [2.45, 2.75) is 26.2 Å². The van der Waals surface area contributed by atoms with E-state index in [-0.39, 0.29) is 5.78 Å². The summed E-state index contributed by atoms with van der Waals surface area (Å²) in [6.45, 7) is 3.36. The number of hydrogen-bond acceptors (Lipinski definition) is 3. The van der Waals surface area contributed by atoms with E-state index in [9.17, 15) is 4.79 Å². The molecule has 1 aromatic rings. The zero-order valence-electron chi connectivity index (χ0n) is 8.79. The zero-order valence-corrected chi connectivity index (χ0v) is 11.2. The minimum absolute atomic E-state index is 0.250. The molecule has 0 aliphatic carbocycles. The number of rotatable bonds is 7. The summed E-state index contributed by atoms with van der Waals surface area (Å²) in [6.07, 6.45) is 2.06. The van der Waals surface area contributed by atoms with Crippen LogP contribution in [0, 0.1) is 0 Å². The molecule has 0 spiro atoms. The summed E-state index contributed by atoms with van der Waals surface area (Å²) < 4.78 is 6.35. The van der Waals surface area contributed by atoms with Gasteiger partial charge in [-0.3, -0.25) is 4.79 Å². The van der Waals surface area contributed by atoms with Crippen molar-refractivity contribution in [2.24, 2.45) is 0 Å². The van der Waals surface area contributed by atoms with Gasteiger partial charge in [0, 0.05) is 24.3 Å². The smallest absolute Gasteiger partial charge is 0.140 e. The first-order valence-corrected chi connectivity index (χ1v) is 6.67. The molecule has 0 saturated heterocycles. The quantitative estimate of drug-likeness (QED) is 0.719. The average Bonchev–Trinajstić information content (AvgIpc) is 2.59. The fraction of sp³-hybridized carbons (Fsp3) is 0.545. The number of carbonyl (C=O) groups is 1. The highest BCUT2D eigenvalue weighted by molar-refractivity contribution is 9.11. The van der Waals surface area contributed by atoms with Gasteiger partial charge in [-0.05, 0) is 34.5 Å². The van der Waals surface area contributed by atoms with Crippen molar-refractivity contribution in [3.05, 3.63) is 20.8 Å². The third kappa shape index (κ3) is 5.44. The molecule has 1 heterocycles. The first kappa shape index (κ1) is 12.9.